The van der Waals surface area contributed by atoms with Gasteiger partial charge in [-0.1, -0.05) is 36.4 Å². The van der Waals surface area contributed by atoms with E-state index in [9.17, 15) is 10.2 Å². The number of hydrogen-bond donors (Lipinski definition) is 2. The van der Waals surface area contributed by atoms with Crippen molar-refractivity contribution in [3.8, 4) is 17.2 Å². The summed E-state index contributed by atoms with van der Waals surface area (Å²) < 4.78 is 5.26. The van der Waals surface area contributed by atoms with Crippen molar-refractivity contribution in [3.05, 3.63) is 89.5 Å². The second-order valence-electron chi connectivity index (χ2n) is 5.95. The van der Waals surface area contributed by atoms with Gasteiger partial charge in [-0.2, -0.15) is 0 Å². The van der Waals surface area contributed by atoms with Crippen LogP contribution in [0.5, 0.6) is 17.2 Å². The lowest BCUT2D eigenvalue weighted by Gasteiger charge is -2.32. The molecule has 3 aromatic carbocycles. The van der Waals surface area contributed by atoms with Crippen LogP contribution < -0.4 is 4.74 Å². The minimum absolute atomic E-state index is 0.238. The number of benzene rings is 3. The van der Waals surface area contributed by atoms with Gasteiger partial charge in [0, 0.05) is 5.41 Å². The Bertz CT molecular complexity index is 758. The normalized spacial score (nSPS) is 11.2. The fourth-order valence-electron chi connectivity index (χ4n) is 3.01. The van der Waals surface area contributed by atoms with Crippen LogP contribution in [-0.2, 0) is 5.41 Å². The Kier molecular flexibility index (Phi) is 4.17. The van der Waals surface area contributed by atoms with Crippen molar-refractivity contribution < 1.29 is 14.9 Å². The summed E-state index contributed by atoms with van der Waals surface area (Å²) >= 11 is 0. The zero-order chi connectivity index (χ0) is 17.2. The first-order valence-corrected chi connectivity index (χ1v) is 7.77. The Morgan fingerprint density at radius 3 is 1.29 bits per heavy atom. The Labute approximate surface area is 141 Å². The lowest BCUT2D eigenvalue weighted by atomic mass is 9.71. The molecule has 0 aromatic heterocycles. The van der Waals surface area contributed by atoms with E-state index in [1.54, 1.807) is 31.4 Å². The van der Waals surface area contributed by atoms with Crippen LogP contribution in [0.1, 0.15) is 23.6 Å². The Morgan fingerprint density at radius 1 is 0.625 bits per heavy atom. The molecule has 0 radical (unpaired) electrons. The molecule has 0 bridgehead atoms. The maximum Gasteiger partial charge on any atom is 0.118 e. The van der Waals surface area contributed by atoms with Crippen LogP contribution in [0.2, 0.25) is 0 Å². The number of aromatic hydroxyl groups is 2. The molecule has 0 aliphatic carbocycles. The molecule has 0 spiro atoms. The van der Waals surface area contributed by atoms with Crippen LogP contribution in [0.15, 0.2) is 72.8 Å². The fraction of sp³-hybridized carbons (Fsp3) is 0.143. The average molecular weight is 320 g/mol. The summed E-state index contributed by atoms with van der Waals surface area (Å²) in [5.74, 6) is 1.28. The van der Waals surface area contributed by atoms with Gasteiger partial charge >= 0.3 is 0 Å². The summed E-state index contributed by atoms with van der Waals surface area (Å²) in [5, 5.41) is 19.2. The minimum atomic E-state index is -0.423. The van der Waals surface area contributed by atoms with Crippen LogP contribution in [0.3, 0.4) is 0 Å². The first kappa shape index (κ1) is 15.9. The van der Waals surface area contributed by atoms with Crippen molar-refractivity contribution >= 4 is 0 Å². The topological polar surface area (TPSA) is 49.7 Å². The highest BCUT2D eigenvalue weighted by atomic mass is 16.5. The summed E-state index contributed by atoms with van der Waals surface area (Å²) in [6.45, 7) is 2.13. The van der Waals surface area contributed by atoms with Gasteiger partial charge in [0.25, 0.3) is 0 Å². The molecule has 0 unspecified atom stereocenters. The van der Waals surface area contributed by atoms with E-state index >= 15 is 0 Å². The summed E-state index contributed by atoms with van der Waals surface area (Å²) in [6.07, 6.45) is 0. The van der Waals surface area contributed by atoms with Crippen molar-refractivity contribution in [2.45, 2.75) is 12.3 Å². The Balaban J connectivity index is 2.18. The molecule has 3 nitrogen and oxygen atoms in total. The predicted molar refractivity (Wildman–Crippen MR) is 94.8 cm³/mol. The van der Waals surface area contributed by atoms with Crippen LogP contribution >= 0.6 is 0 Å². The number of phenolic OH excluding ortho intramolecular Hbond substituents is 2. The molecule has 0 atom stereocenters. The Hall–Kier alpha value is -2.94. The molecule has 0 saturated carbocycles. The minimum Gasteiger partial charge on any atom is -0.508 e. The molecular formula is C21H20O3. The van der Waals surface area contributed by atoms with Gasteiger partial charge in [-0.25, -0.2) is 0 Å². The fourth-order valence-corrected chi connectivity index (χ4v) is 3.01. The second-order valence-corrected chi connectivity index (χ2v) is 5.95. The van der Waals surface area contributed by atoms with E-state index in [1.807, 2.05) is 48.5 Å². The lowest BCUT2D eigenvalue weighted by Crippen LogP contribution is -2.25. The molecule has 0 fully saturated rings. The molecule has 24 heavy (non-hydrogen) atoms. The van der Waals surface area contributed by atoms with Crippen molar-refractivity contribution in [1.82, 2.24) is 0 Å². The van der Waals surface area contributed by atoms with Gasteiger partial charge in [0.2, 0.25) is 0 Å². The van der Waals surface area contributed by atoms with Crippen LogP contribution in [0.25, 0.3) is 0 Å². The molecule has 3 aromatic rings. The maximum atomic E-state index is 9.62. The summed E-state index contributed by atoms with van der Waals surface area (Å²) in [7, 11) is 1.65. The summed E-state index contributed by atoms with van der Waals surface area (Å²) in [4.78, 5) is 0. The average Bonchev–Trinajstić information content (AvgIpc) is 2.62. The monoisotopic (exact) mass is 320 g/mol. The largest absolute Gasteiger partial charge is 0.508 e. The number of hydrogen-bond acceptors (Lipinski definition) is 3. The van der Waals surface area contributed by atoms with Gasteiger partial charge in [0.1, 0.15) is 17.2 Å². The third-order valence-electron chi connectivity index (χ3n) is 4.56. The highest BCUT2D eigenvalue weighted by molar-refractivity contribution is 5.51. The quantitative estimate of drug-likeness (QED) is 0.698. The van der Waals surface area contributed by atoms with Gasteiger partial charge < -0.3 is 14.9 Å². The third kappa shape index (κ3) is 2.81. The molecule has 3 heteroatoms. The van der Waals surface area contributed by atoms with Gasteiger partial charge in [-0.3, -0.25) is 0 Å². The van der Waals surface area contributed by atoms with Crippen LogP contribution in [0, 0.1) is 0 Å². The van der Waals surface area contributed by atoms with Crippen molar-refractivity contribution in [3.63, 3.8) is 0 Å². The van der Waals surface area contributed by atoms with E-state index in [1.165, 1.54) is 0 Å². The van der Waals surface area contributed by atoms with Gasteiger partial charge in [-0.05, 0) is 60.0 Å². The molecular weight excluding hydrogens is 300 g/mol. The molecule has 0 amide bonds. The smallest absolute Gasteiger partial charge is 0.118 e. The molecule has 0 saturated heterocycles. The zero-order valence-electron chi connectivity index (χ0n) is 13.7. The standard InChI is InChI=1S/C21H20O3/c1-21(15-3-9-18(22)10-4-15,16-5-11-19(23)12-6-16)17-7-13-20(24-2)14-8-17/h3-14,22-23H,1-2H3. The molecule has 122 valence electrons. The molecule has 0 heterocycles. The number of phenols is 2. The molecule has 0 aliphatic heterocycles. The second kappa shape index (κ2) is 6.28. The third-order valence-corrected chi connectivity index (χ3v) is 4.56. The van der Waals surface area contributed by atoms with Crippen molar-refractivity contribution in [2.75, 3.05) is 7.11 Å². The number of rotatable bonds is 4. The SMILES string of the molecule is COc1ccc(C(C)(c2ccc(O)cc2)c2ccc(O)cc2)cc1. The number of methoxy groups -OCH3 is 1. The highest BCUT2D eigenvalue weighted by Gasteiger charge is 2.31. The number of ether oxygens (including phenoxy) is 1. The van der Waals surface area contributed by atoms with Gasteiger partial charge in [-0.15, -0.1) is 0 Å². The lowest BCUT2D eigenvalue weighted by molar-refractivity contribution is 0.414. The van der Waals surface area contributed by atoms with Gasteiger partial charge in [0.15, 0.2) is 0 Å². The first-order valence-electron chi connectivity index (χ1n) is 7.77. The Morgan fingerprint density at radius 2 is 0.958 bits per heavy atom. The van der Waals surface area contributed by atoms with Crippen molar-refractivity contribution in [1.29, 1.82) is 0 Å². The maximum absolute atomic E-state index is 9.62. The molecule has 2 N–H and O–H groups in total. The van der Waals surface area contributed by atoms with E-state index < -0.39 is 5.41 Å². The van der Waals surface area contributed by atoms with E-state index in [0.29, 0.717) is 0 Å². The van der Waals surface area contributed by atoms with E-state index in [-0.39, 0.29) is 11.5 Å². The van der Waals surface area contributed by atoms with E-state index in [2.05, 4.69) is 6.92 Å². The molecule has 3 rings (SSSR count). The zero-order valence-corrected chi connectivity index (χ0v) is 13.7. The van der Waals surface area contributed by atoms with Crippen LogP contribution in [-0.4, -0.2) is 17.3 Å². The van der Waals surface area contributed by atoms with Gasteiger partial charge in [0.05, 0.1) is 7.11 Å². The summed E-state index contributed by atoms with van der Waals surface area (Å²) in [5.41, 5.74) is 2.78. The van der Waals surface area contributed by atoms with E-state index in [4.69, 9.17) is 4.74 Å². The highest BCUT2D eigenvalue weighted by Crippen LogP contribution is 2.40. The van der Waals surface area contributed by atoms with Crippen molar-refractivity contribution in [2.24, 2.45) is 0 Å². The summed E-state index contributed by atoms with van der Waals surface area (Å²) in [6, 6.07) is 22.4. The first-order chi connectivity index (χ1) is 11.5. The molecule has 0 aliphatic rings. The predicted octanol–water partition coefficient (Wildman–Crippen LogP) is 4.46. The van der Waals surface area contributed by atoms with Crippen LogP contribution in [0.4, 0.5) is 0 Å². The van der Waals surface area contributed by atoms with E-state index in [0.717, 1.165) is 22.4 Å².